The summed E-state index contributed by atoms with van der Waals surface area (Å²) in [5.41, 5.74) is 3.22. The summed E-state index contributed by atoms with van der Waals surface area (Å²) in [6.07, 6.45) is 16.5. The molecule has 0 amide bonds. The van der Waals surface area contributed by atoms with Gasteiger partial charge >= 0.3 is 0 Å². The molecule has 1 heterocycles. The number of imidazole rings is 1. The molecule has 1 aliphatic carbocycles. The van der Waals surface area contributed by atoms with Crippen molar-refractivity contribution in [1.29, 1.82) is 0 Å². The molecule has 1 aliphatic rings. The minimum atomic E-state index is -0.350. The molecule has 0 bridgehead atoms. The van der Waals surface area contributed by atoms with Crippen molar-refractivity contribution in [2.75, 3.05) is 0 Å². The van der Waals surface area contributed by atoms with E-state index in [2.05, 4.69) is 6.08 Å². The summed E-state index contributed by atoms with van der Waals surface area (Å²) in [6.45, 7) is 0. The maximum Gasteiger partial charge on any atom is 0.271 e. The highest BCUT2D eigenvalue weighted by atomic mass is 16.6. The maximum absolute atomic E-state index is 11.0. The van der Waals surface area contributed by atoms with Crippen molar-refractivity contribution in [2.24, 2.45) is 7.05 Å². The van der Waals surface area contributed by atoms with E-state index in [0.29, 0.717) is 0 Å². The lowest BCUT2D eigenvalue weighted by Crippen LogP contribution is -1.95. The average Bonchev–Trinajstić information content (AvgIpc) is 2.92. The molecule has 1 saturated carbocycles. The number of fused-ring (bicyclic) bond motifs is 1. The van der Waals surface area contributed by atoms with E-state index >= 15 is 0 Å². The van der Waals surface area contributed by atoms with Gasteiger partial charge in [-0.2, -0.15) is 0 Å². The van der Waals surface area contributed by atoms with Gasteiger partial charge in [0, 0.05) is 19.2 Å². The van der Waals surface area contributed by atoms with Gasteiger partial charge in [0.25, 0.3) is 5.69 Å². The number of nitro benzene ring substituents is 1. The second-order valence-electron chi connectivity index (χ2n) is 7.44. The third-order valence-corrected chi connectivity index (χ3v) is 5.44. The zero-order valence-corrected chi connectivity index (χ0v) is 15.7. The first-order valence-corrected chi connectivity index (χ1v) is 9.95. The highest BCUT2D eigenvalue weighted by Gasteiger charge is 2.12. The zero-order chi connectivity index (χ0) is 18.4. The molecule has 0 radical (unpaired) electrons. The fraction of sp³-hybridized carbons (Fsp3) is 0.571. The third-order valence-electron chi connectivity index (χ3n) is 5.44. The minimum absolute atomic E-state index is 0.116. The van der Waals surface area contributed by atoms with Crippen LogP contribution in [-0.4, -0.2) is 14.5 Å². The Kier molecular flexibility index (Phi) is 6.42. The Labute approximate surface area is 155 Å². The number of benzene rings is 1. The predicted octanol–water partition coefficient (Wildman–Crippen LogP) is 6.17. The molecule has 1 aromatic heterocycles. The summed E-state index contributed by atoms with van der Waals surface area (Å²) in [4.78, 5) is 15.4. The topological polar surface area (TPSA) is 61.0 Å². The Morgan fingerprint density at radius 1 is 1.00 bits per heavy atom. The summed E-state index contributed by atoms with van der Waals surface area (Å²) in [6, 6.07) is 4.89. The monoisotopic (exact) mass is 355 g/mol. The Bertz CT molecular complexity index is 778. The molecule has 140 valence electrons. The van der Waals surface area contributed by atoms with Crippen LogP contribution in [0.5, 0.6) is 0 Å². The number of nitrogens with zero attached hydrogens (tertiary/aromatic N) is 3. The van der Waals surface area contributed by atoms with Crippen LogP contribution in [0.15, 0.2) is 23.8 Å². The first-order chi connectivity index (χ1) is 12.6. The normalized spacial score (nSPS) is 17.5. The van der Waals surface area contributed by atoms with Crippen LogP contribution in [0.3, 0.4) is 0 Å². The highest BCUT2D eigenvalue weighted by Crippen LogP contribution is 2.25. The highest BCUT2D eigenvalue weighted by molar-refractivity contribution is 5.80. The van der Waals surface area contributed by atoms with Crippen molar-refractivity contribution in [3.8, 4) is 0 Å². The van der Waals surface area contributed by atoms with Gasteiger partial charge in [-0.1, -0.05) is 50.5 Å². The van der Waals surface area contributed by atoms with E-state index in [4.69, 9.17) is 4.98 Å². The third kappa shape index (κ3) is 4.71. The summed E-state index contributed by atoms with van der Waals surface area (Å²) >= 11 is 0. The van der Waals surface area contributed by atoms with Gasteiger partial charge in [-0.05, 0) is 37.8 Å². The number of hydrogen-bond donors (Lipinski definition) is 0. The van der Waals surface area contributed by atoms with Gasteiger partial charge in [-0.3, -0.25) is 10.1 Å². The Morgan fingerprint density at radius 2 is 1.58 bits per heavy atom. The van der Waals surface area contributed by atoms with Gasteiger partial charge in [-0.25, -0.2) is 4.98 Å². The van der Waals surface area contributed by atoms with Crippen LogP contribution >= 0.6 is 0 Å². The van der Waals surface area contributed by atoms with Crippen LogP contribution in [0.2, 0.25) is 0 Å². The lowest BCUT2D eigenvalue weighted by Gasteiger charge is -2.10. The molecular weight excluding hydrogens is 326 g/mol. The Morgan fingerprint density at radius 3 is 2.15 bits per heavy atom. The minimum Gasteiger partial charge on any atom is -0.327 e. The van der Waals surface area contributed by atoms with Crippen molar-refractivity contribution in [3.63, 3.8) is 0 Å². The molecule has 2 aromatic rings. The molecule has 0 spiro atoms. The van der Waals surface area contributed by atoms with Crippen LogP contribution in [0.1, 0.15) is 76.5 Å². The van der Waals surface area contributed by atoms with Gasteiger partial charge in [0.1, 0.15) is 5.82 Å². The van der Waals surface area contributed by atoms with Gasteiger partial charge in [0.05, 0.1) is 16.0 Å². The lowest BCUT2D eigenvalue weighted by atomic mass is 9.97. The molecule has 1 aromatic carbocycles. The van der Waals surface area contributed by atoms with Gasteiger partial charge < -0.3 is 4.57 Å². The largest absolute Gasteiger partial charge is 0.327 e. The standard InChI is InChI=1S/C21H29N3O2/c1-23-20-16-18(24(25)26)13-14-19(20)22-21(23)15-17-11-9-7-5-3-2-4-6-8-10-12-17/h13-16H,2-12H2,1H3. The number of non-ortho nitro benzene ring substituents is 1. The summed E-state index contributed by atoms with van der Waals surface area (Å²) in [5.74, 6) is 0.905. The number of allylic oxidation sites excluding steroid dienone is 1. The SMILES string of the molecule is Cn1c(C=C2CCCCCCCCCCC2)nc2ccc([N+](=O)[O-])cc21. The fourth-order valence-corrected chi connectivity index (χ4v) is 3.83. The van der Waals surface area contributed by atoms with Gasteiger partial charge in [0.15, 0.2) is 0 Å². The number of rotatable bonds is 2. The first kappa shape index (κ1) is 18.6. The number of hydrogen-bond acceptors (Lipinski definition) is 3. The number of aromatic nitrogens is 2. The molecule has 3 rings (SSSR count). The van der Waals surface area contributed by atoms with Crippen LogP contribution in [0, 0.1) is 10.1 Å². The molecule has 26 heavy (non-hydrogen) atoms. The molecule has 0 saturated heterocycles. The lowest BCUT2D eigenvalue weighted by molar-refractivity contribution is -0.384. The summed E-state index contributed by atoms with van der Waals surface area (Å²) in [7, 11) is 1.95. The Hall–Kier alpha value is -2.17. The molecular formula is C21H29N3O2. The van der Waals surface area contributed by atoms with Crippen LogP contribution in [-0.2, 0) is 7.05 Å². The number of nitro groups is 1. The van der Waals surface area contributed by atoms with E-state index in [-0.39, 0.29) is 10.6 Å². The number of aryl methyl sites for hydroxylation is 1. The molecule has 0 unspecified atom stereocenters. The molecule has 0 N–H and O–H groups in total. The Balaban J connectivity index is 1.83. The molecule has 5 heteroatoms. The van der Waals surface area contributed by atoms with E-state index in [1.54, 1.807) is 12.1 Å². The molecule has 0 aliphatic heterocycles. The first-order valence-electron chi connectivity index (χ1n) is 9.95. The second-order valence-corrected chi connectivity index (χ2v) is 7.44. The molecule has 5 nitrogen and oxygen atoms in total. The van der Waals surface area contributed by atoms with Gasteiger partial charge in [-0.15, -0.1) is 0 Å². The van der Waals surface area contributed by atoms with Crippen molar-refractivity contribution >= 4 is 22.8 Å². The molecule has 1 fully saturated rings. The van der Waals surface area contributed by atoms with E-state index in [0.717, 1.165) is 29.7 Å². The fourth-order valence-electron chi connectivity index (χ4n) is 3.83. The van der Waals surface area contributed by atoms with E-state index in [1.807, 2.05) is 11.6 Å². The van der Waals surface area contributed by atoms with Crippen molar-refractivity contribution in [1.82, 2.24) is 9.55 Å². The second kappa shape index (κ2) is 8.97. The predicted molar refractivity (Wildman–Crippen MR) is 106 cm³/mol. The smallest absolute Gasteiger partial charge is 0.271 e. The van der Waals surface area contributed by atoms with Crippen LogP contribution in [0.4, 0.5) is 5.69 Å². The van der Waals surface area contributed by atoms with E-state index in [1.165, 1.54) is 69.4 Å². The average molecular weight is 355 g/mol. The maximum atomic E-state index is 11.0. The van der Waals surface area contributed by atoms with E-state index in [9.17, 15) is 10.1 Å². The zero-order valence-electron chi connectivity index (χ0n) is 15.7. The van der Waals surface area contributed by atoms with E-state index < -0.39 is 0 Å². The van der Waals surface area contributed by atoms with Crippen molar-refractivity contribution in [3.05, 3.63) is 39.7 Å². The van der Waals surface area contributed by atoms with Crippen molar-refractivity contribution < 1.29 is 4.92 Å². The summed E-state index contributed by atoms with van der Waals surface area (Å²) < 4.78 is 1.98. The summed E-state index contributed by atoms with van der Waals surface area (Å²) in [5, 5.41) is 11.0. The van der Waals surface area contributed by atoms with Gasteiger partial charge in [0.2, 0.25) is 0 Å². The molecule has 0 atom stereocenters. The van der Waals surface area contributed by atoms with Crippen molar-refractivity contribution in [2.45, 2.75) is 70.6 Å². The quantitative estimate of drug-likeness (QED) is 0.478. The van der Waals surface area contributed by atoms with Crippen LogP contribution < -0.4 is 0 Å². The van der Waals surface area contributed by atoms with Crippen LogP contribution in [0.25, 0.3) is 17.1 Å².